The topological polar surface area (TPSA) is 73.6 Å². The highest BCUT2D eigenvalue weighted by atomic mass is 16.5. The second kappa shape index (κ2) is 7.88. The Labute approximate surface area is 126 Å². The number of nitrogens with one attached hydrogen (secondary N) is 1. The van der Waals surface area contributed by atoms with Crippen molar-refractivity contribution < 1.29 is 14.3 Å². The largest absolute Gasteiger partial charge is 0.493 e. The fourth-order valence-electron chi connectivity index (χ4n) is 1.69. The molecule has 3 N–H and O–H groups in total. The third-order valence-electron chi connectivity index (χ3n) is 3.46. The van der Waals surface area contributed by atoms with Crippen molar-refractivity contribution >= 4 is 5.91 Å². The molecule has 0 aromatic heterocycles. The van der Waals surface area contributed by atoms with Gasteiger partial charge in [0, 0.05) is 12.1 Å². The maximum Gasteiger partial charge on any atom is 0.258 e. The van der Waals surface area contributed by atoms with E-state index in [1.807, 2.05) is 26.0 Å². The molecule has 0 aliphatic carbocycles. The van der Waals surface area contributed by atoms with E-state index in [1.165, 1.54) is 0 Å². The number of hydrogen-bond donors (Lipinski definition) is 2. The van der Waals surface area contributed by atoms with Crippen LogP contribution >= 0.6 is 0 Å². The number of rotatable bonds is 7. The van der Waals surface area contributed by atoms with E-state index in [0.717, 1.165) is 5.56 Å². The Kier molecular flexibility index (Phi) is 6.49. The molecule has 1 rings (SSSR count). The third-order valence-corrected chi connectivity index (χ3v) is 3.46. The smallest absolute Gasteiger partial charge is 0.258 e. The van der Waals surface area contributed by atoms with Gasteiger partial charge in [-0.1, -0.05) is 19.9 Å². The molecular weight excluding hydrogens is 268 g/mol. The number of methoxy groups -OCH3 is 1. The zero-order valence-corrected chi connectivity index (χ0v) is 13.5. The Morgan fingerprint density at radius 1 is 1.24 bits per heavy atom. The van der Waals surface area contributed by atoms with Crippen LogP contribution in [0.2, 0.25) is 0 Å². The molecule has 0 aliphatic heterocycles. The second-order valence-electron chi connectivity index (χ2n) is 5.59. The van der Waals surface area contributed by atoms with Gasteiger partial charge >= 0.3 is 0 Å². The highest BCUT2D eigenvalue weighted by Crippen LogP contribution is 2.29. The molecule has 0 spiro atoms. The molecule has 5 heteroatoms. The summed E-state index contributed by atoms with van der Waals surface area (Å²) in [6.45, 7) is 7.95. The van der Waals surface area contributed by atoms with Crippen LogP contribution in [-0.4, -0.2) is 25.7 Å². The first-order valence-electron chi connectivity index (χ1n) is 7.20. The van der Waals surface area contributed by atoms with Crippen LogP contribution in [0.4, 0.5) is 0 Å². The van der Waals surface area contributed by atoms with E-state index in [0.29, 0.717) is 17.4 Å². The zero-order chi connectivity index (χ0) is 16.0. The molecule has 1 amide bonds. The fourth-order valence-corrected chi connectivity index (χ4v) is 1.69. The van der Waals surface area contributed by atoms with Crippen molar-refractivity contribution in [2.45, 2.75) is 39.8 Å². The first-order chi connectivity index (χ1) is 9.85. The van der Waals surface area contributed by atoms with E-state index in [4.69, 9.17) is 15.2 Å². The van der Waals surface area contributed by atoms with Crippen molar-refractivity contribution in [2.24, 2.45) is 11.7 Å². The van der Waals surface area contributed by atoms with Crippen molar-refractivity contribution in [1.29, 1.82) is 0 Å². The summed E-state index contributed by atoms with van der Waals surface area (Å²) in [5.74, 6) is 1.35. The number of amides is 1. The Balaban J connectivity index is 2.65. The average molecular weight is 294 g/mol. The summed E-state index contributed by atoms with van der Waals surface area (Å²) < 4.78 is 10.8. The Morgan fingerprint density at radius 2 is 1.90 bits per heavy atom. The molecular formula is C16H26N2O3. The Bertz CT molecular complexity index is 473. The van der Waals surface area contributed by atoms with E-state index in [-0.39, 0.29) is 24.6 Å². The van der Waals surface area contributed by atoms with Crippen molar-refractivity contribution in [2.75, 3.05) is 13.7 Å². The van der Waals surface area contributed by atoms with E-state index < -0.39 is 0 Å². The van der Waals surface area contributed by atoms with Crippen molar-refractivity contribution in [3.8, 4) is 11.5 Å². The summed E-state index contributed by atoms with van der Waals surface area (Å²) in [6.07, 6.45) is 0. The van der Waals surface area contributed by atoms with Crippen LogP contribution in [0.15, 0.2) is 18.2 Å². The molecule has 2 atom stereocenters. The minimum Gasteiger partial charge on any atom is -0.493 e. The first-order valence-corrected chi connectivity index (χ1v) is 7.20. The summed E-state index contributed by atoms with van der Waals surface area (Å²) in [6, 6.07) is 5.51. The lowest BCUT2D eigenvalue weighted by Gasteiger charge is -2.18. The minimum atomic E-state index is -0.144. The number of benzene rings is 1. The van der Waals surface area contributed by atoms with Gasteiger partial charge in [-0.15, -0.1) is 0 Å². The Morgan fingerprint density at radius 3 is 2.43 bits per heavy atom. The number of ether oxygens (including phenoxy) is 2. The maximum absolute atomic E-state index is 11.8. The molecule has 0 bridgehead atoms. The second-order valence-corrected chi connectivity index (χ2v) is 5.59. The summed E-state index contributed by atoms with van der Waals surface area (Å²) in [5, 5.41) is 2.89. The molecule has 0 heterocycles. The van der Waals surface area contributed by atoms with Crippen LogP contribution in [0.1, 0.15) is 39.3 Å². The van der Waals surface area contributed by atoms with Gasteiger partial charge in [0.15, 0.2) is 18.1 Å². The fraction of sp³-hybridized carbons (Fsp3) is 0.562. The highest BCUT2D eigenvalue weighted by molar-refractivity contribution is 5.77. The SMILES string of the molecule is COc1cc([C@H](C)N)ccc1OCC(=O)NC(C)C(C)C. The molecule has 1 aromatic rings. The normalized spacial score (nSPS) is 13.7. The van der Waals surface area contributed by atoms with Gasteiger partial charge in [-0.3, -0.25) is 4.79 Å². The molecule has 21 heavy (non-hydrogen) atoms. The Hall–Kier alpha value is -1.75. The van der Waals surface area contributed by atoms with Crippen molar-refractivity contribution in [3.05, 3.63) is 23.8 Å². The number of nitrogens with two attached hydrogens (primary N) is 1. The molecule has 5 nitrogen and oxygen atoms in total. The molecule has 0 saturated heterocycles. The van der Waals surface area contributed by atoms with Crippen LogP contribution < -0.4 is 20.5 Å². The quantitative estimate of drug-likeness (QED) is 0.809. The van der Waals surface area contributed by atoms with E-state index in [9.17, 15) is 4.79 Å². The van der Waals surface area contributed by atoms with Gasteiger partial charge in [0.05, 0.1) is 7.11 Å². The predicted octanol–water partition coefficient (Wildman–Crippen LogP) is 2.25. The average Bonchev–Trinajstić information content (AvgIpc) is 2.44. The first kappa shape index (κ1) is 17.3. The third kappa shape index (κ3) is 5.27. The summed E-state index contributed by atoms with van der Waals surface area (Å²) in [7, 11) is 1.56. The number of hydrogen-bond acceptors (Lipinski definition) is 4. The van der Waals surface area contributed by atoms with Crippen LogP contribution in [0.25, 0.3) is 0 Å². The lowest BCUT2D eigenvalue weighted by atomic mass is 10.1. The summed E-state index contributed by atoms with van der Waals surface area (Å²) >= 11 is 0. The van der Waals surface area contributed by atoms with Crippen molar-refractivity contribution in [1.82, 2.24) is 5.32 Å². The van der Waals surface area contributed by atoms with Gasteiger partial charge in [0.25, 0.3) is 5.91 Å². The highest BCUT2D eigenvalue weighted by Gasteiger charge is 2.13. The molecule has 118 valence electrons. The van der Waals surface area contributed by atoms with E-state index in [2.05, 4.69) is 19.2 Å². The molecule has 1 unspecified atom stereocenters. The predicted molar refractivity (Wildman–Crippen MR) is 83.5 cm³/mol. The van der Waals surface area contributed by atoms with Crippen LogP contribution in [0.5, 0.6) is 11.5 Å². The monoisotopic (exact) mass is 294 g/mol. The van der Waals surface area contributed by atoms with E-state index >= 15 is 0 Å². The van der Waals surface area contributed by atoms with Crippen LogP contribution in [0, 0.1) is 5.92 Å². The number of carbonyl (C=O) groups excluding carboxylic acids is 1. The molecule has 1 aromatic carbocycles. The van der Waals surface area contributed by atoms with Gasteiger partial charge < -0.3 is 20.5 Å². The van der Waals surface area contributed by atoms with Gasteiger partial charge in [0.2, 0.25) is 0 Å². The van der Waals surface area contributed by atoms with Crippen LogP contribution in [0.3, 0.4) is 0 Å². The molecule has 0 radical (unpaired) electrons. The van der Waals surface area contributed by atoms with Gasteiger partial charge in [-0.2, -0.15) is 0 Å². The summed E-state index contributed by atoms with van der Waals surface area (Å²) in [5.41, 5.74) is 6.79. The van der Waals surface area contributed by atoms with Gasteiger partial charge in [0.1, 0.15) is 0 Å². The molecule has 0 aliphatic rings. The standard InChI is InChI=1S/C16H26N2O3/c1-10(2)12(4)18-16(19)9-21-14-7-6-13(11(3)17)8-15(14)20-5/h6-8,10-12H,9,17H2,1-5H3,(H,18,19)/t11-,12?/m0/s1. The van der Waals surface area contributed by atoms with Crippen molar-refractivity contribution in [3.63, 3.8) is 0 Å². The molecule has 0 fully saturated rings. The maximum atomic E-state index is 11.8. The zero-order valence-electron chi connectivity index (χ0n) is 13.5. The van der Waals surface area contributed by atoms with Gasteiger partial charge in [-0.05, 0) is 37.5 Å². The lowest BCUT2D eigenvalue weighted by molar-refractivity contribution is -0.124. The van der Waals surface area contributed by atoms with E-state index in [1.54, 1.807) is 13.2 Å². The minimum absolute atomic E-state index is 0.0368. The van der Waals surface area contributed by atoms with Crippen LogP contribution in [-0.2, 0) is 4.79 Å². The molecule has 0 saturated carbocycles. The lowest BCUT2D eigenvalue weighted by Crippen LogP contribution is -2.38. The van der Waals surface area contributed by atoms with Gasteiger partial charge in [-0.25, -0.2) is 0 Å². The number of carbonyl (C=O) groups is 1. The summed E-state index contributed by atoms with van der Waals surface area (Å²) in [4.78, 5) is 11.8.